The molecule has 1 N–H and O–H groups in total. The molecule has 0 bridgehead atoms. The van der Waals surface area contributed by atoms with Crippen LogP contribution in [-0.2, 0) is 33.3 Å². The Morgan fingerprint density at radius 1 is 0.483 bits per heavy atom. The first-order chi connectivity index (χ1) is 29.1. The zero-order valence-corrected chi connectivity index (χ0v) is 40.1. The number of nitrogens with zero attached hydrogens (tertiary/aromatic N) is 1. The molecule has 0 fully saturated rings. The van der Waals surface area contributed by atoms with Crippen molar-refractivity contribution >= 4 is 17.9 Å². The lowest BCUT2D eigenvalue weighted by Crippen LogP contribution is -2.40. The first-order valence-corrected chi connectivity index (χ1v) is 25.4. The summed E-state index contributed by atoms with van der Waals surface area (Å²) in [7, 11) is 5.96. The fourth-order valence-corrected chi connectivity index (χ4v) is 7.29. The van der Waals surface area contributed by atoms with Crippen LogP contribution in [0.2, 0.25) is 0 Å². The topological polar surface area (TPSA) is 108 Å². The number of ether oxygens (including phenoxy) is 4. The summed E-state index contributed by atoms with van der Waals surface area (Å²) in [5, 5.41) is 9.64. The number of esters is 2. The molecule has 2 atom stereocenters. The molecule has 0 aromatic heterocycles. The fraction of sp³-hybridized carbons (Fsp3) is 0.902. The number of carboxylic acids is 1. The van der Waals surface area contributed by atoms with E-state index in [-0.39, 0.29) is 32.2 Å². The maximum Gasteiger partial charge on any atom is 0.361 e. The highest BCUT2D eigenvalue weighted by molar-refractivity contribution is 5.71. The van der Waals surface area contributed by atoms with E-state index < -0.39 is 24.3 Å². The van der Waals surface area contributed by atoms with Crippen molar-refractivity contribution in [3.05, 3.63) is 12.2 Å². The van der Waals surface area contributed by atoms with Crippen LogP contribution in [0, 0.1) is 0 Å². The summed E-state index contributed by atoms with van der Waals surface area (Å²) in [5.74, 6) is -2.00. The lowest BCUT2D eigenvalue weighted by atomic mass is 10.0. The van der Waals surface area contributed by atoms with Crippen LogP contribution < -0.4 is 0 Å². The van der Waals surface area contributed by atoms with Crippen LogP contribution in [0.25, 0.3) is 0 Å². The summed E-state index contributed by atoms with van der Waals surface area (Å²) in [6.07, 6.45) is 44.3. The maximum absolute atomic E-state index is 12.7. The molecular formula is C51H98NO8+. The number of carboxylic acid groups (broad SMARTS) is 1. The first-order valence-electron chi connectivity index (χ1n) is 25.4. The van der Waals surface area contributed by atoms with Gasteiger partial charge in [-0.2, -0.15) is 0 Å². The van der Waals surface area contributed by atoms with Gasteiger partial charge in [0.2, 0.25) is 0 Å². The van der Waals surface area contributed by atoms with Crippen LogP contribution in [0.4, 0.5) is 0 Å². The number of carbonyl (C=O) groups is 3. The number of hydrogen-bond donors (Lipinski definition) is 1. The summed E-state index contributed by atoms with van der Waals surface area (Å²) in [4.78, 5) is 37.1. The van der Waals surface area contributed by atoms with Crippen LogP contribution in [-0.4, -0.2) is 87.4 Å². The van der Waals surface area contributed by atoms with E-state index >= 15 is 0 Å². The normalized spacial score (nSPS) is 12.9. The number of allylic oxidation sites excluding steroid dienone is 2. The predicted octanol–water partition coefficient (Wildman–Crippen LogP) is 13.8. The van der Waals surface area contributed by atoms with Crippen molar-refractivity contribution in [3.8, 4) is 0 Å². The zero-order chi connectivity index (χ0) is 44.2. The van der Waals surface area contributed by atoms with Gasteiger partial charge in [-0.05, 0) is 32.1 Å². The van der Waals surface area contributed by atoms with Crippen LogP contribution >= 0.6 is 0 Å². The van der Waals surface area contributed by atoms with E-state index in [1.807, 2.05) is 21.1 Å². The molecule has 0 heterocycles. The van der Waals surface area contributed by atoms with Gasteiger partial charge < -0.3 is 28.5 Å². The standard InChI is InChI=1S/C51H97NO8/c1-6-8-10-12-14-16-18-19-20-21-22-23-24-25-26-27-28-29-30-32-33-35-37-39-41-48(53)58-45-47(46-59-51(50(55)56)57-44-43-52(3,4)5)60-49(54)42-40-38-36-34-31-17-15-13-11-9-7-2/h13,15,47,51H,6-12,14,16-46H2,1-5H3/p+1/b15-13-. The Hall–Kier alpha value is -1.97. The largest absolute Gasteiger partial charge is 0.477 e. The molecule has 0 aliphatic heterocycles. The Kier molecular flexibility index (Phi) is 42.2. The SMILES string of the molecule is CCCC/C=C\CCCCCCCC(=O)OC(COC(=O)CCCCCCCCCCCCCCCCCCCCCCCCCC)COC(OCC[N+](C)(C)C)C(=O)O. The smallest absolute Gasteiger partial charge is 0.361 e. The fourth-order valence-electron chi connectivity index (χ4n) is 7.29. The highest BCUT2D eigenvalue weighted by Crippen LogP contribution is 2.17. The zero-order valence-electron chi connectivity index (χ0n) is 40.1. The molecule has 354 valence electrons. The van der Waals surface area contributed by atoms with Gasteiger partial charge in [-0.3, -0.25) is 9.59 Å². The highest BCUT2D eigenvalue weighted by atomic mass is 16.7. The molecule has 0 saturated heterocycles. The third-order valence-electron chi connectivity index (χ3n) is 11.3. The lowest BCUT2D eigenvalue weighted by molar-refractivity contribution is -0.870. The Labute approximate surface area is 370 Å². The van der Waals surface area contributed by atoms with E-state index in [1.54, 1.807) is 0 Å². The Morgan fingerprint density at radius 3 is 1.28 bits per heavy atom. The molecule has 9 heteroatoms. The summed E-state index contributed by atoms with van der Waals surface area (Å²) < 4.78 is 22.8. The summed E-state index contributed by atoms with van der Waals surface area (Å²) >= 11 is 0. The van der Waals surface area contributed by atoms with Gasteiger partial charge in [-0.25, -0.2) is 4.79 Å². The molecule has 9 nitrogen and oxygen atoms in total. The van der Waals surface area contributed by atoms with Gasteiger partial charge >= 0.3 is 17.9 Å². The van der Waals surface area contributed by atoms with Crippen molar-refractivity contribution in [2.24, 2.45) is 0 Å². The Bertz CT molecular complexity index is 996. The van der Waals surface area contributed by atoms with Crippen LogP contribution in [0.3, 0.4) is 0 Å². The average Bonchev–Trinajstić information content (AvgIpc) is 3.21. The Balaban J connectivity index is 4.17. The number of likely N-dealkylation sites (N-methyl/N-ethyl adjacent to an activating group) is 1. The number of rotatable bonds is 47. The van der Waals surface area contributed by atoms with Crippen LogP contribution in [0.5, 0.6) is 0 Å². The molecule has 0 rings (SSSR count). The molecule has 0 amide bonds. The quantitative estimate of drug-likeness (QED) is 0.0212. The van der Waals surface area contributed by atoms with Gasteiger partial charge in [0.25, 0.3) is 6.29 Å². The van der Waals surface area contributed by atoms with Crippen LogP contribution in [0.15, 0.2) is 12.2 Å². The minimum absolute atomic E-state index is 0.180. The summed E-state index contributed by atoms with van der Waals surface area (Å²) in [5.41, 5.74) is 0. The monoisotopic (exact) mass is 853 g/mol. The molecule has 0 spiro atoms. The van der Waals surface area contributed by atoms with Gasteiger partial charge in [0, 0.05) is 12.8 Å². The minimum Gasteiger partial charge on any atom is -0.477 e. The van der Waals surface area contributed by atoms with E-state index in [0.29, 0.717) is 23.9 Å². The lowest BCUT2D eigenvalue weighted by Gasteiger charge is -2.25. The van der Waals surface area contributed by atoms with Gasteiger partial charge in [-0.15, -0.1) is 0 Å². The van der Waals surface area contributed by atoms with Crippen molar-refractivity contribution in [1.82, 2.24) is 0 Å². The third kappa shape index (κ3) is 44.1. The summed E-state index contributed by atoms with van der Waals surface area (Å²) in [6, 6.07) is 0. The molecule has 60 heavy (non-hydrogen) atoms. The van der Waals surface area contributed by atoms with Gasteiger partial charge in [0.1, 0.15) is 13.2 Å². The van der Waals surface area contributed by atoms with Crippen molar-refractivity contribution < 1.29 is 42.9 Å². The number of unbranched alkanes of at least 4 members (excludes halogenated alkanes) is 30. The molecule has 0 aliphatic carbocycles. The molecule has 0 aromatic carbocycles. The second-order valence-electron chi connectivity index (χ2n) is 18.5. The molecule has 0 saturated carbocycles. The van der Waals surface area contributed by atoms with E-state index in [9.17, 15) is 19.5 Å². The van der Waals surface area contributed by atoms with Gasteiger partial charge in [-0.1, -0.05) is 206 Å². The number of hydrogen-bond acceptors (Lipinski definition) is 7. The second-order valence-corrected chi connectivity index (χ2v) is 18.5. The second kappa shape index (κ2) is 43.7. The molecular weight excluding hydrogens is 755 g/mol. The van der Waals surface area contributed by atoms with Gasteiger partial charge in [0.15, 0.2) is 6.10 Å². The Morgan fingerprint density at radius 2 is 0.867 bits per heavy atom. The number of quaternary nitrogens is 1. The van der Waals surface area contributed by atoms with E-state index in [4.69, 9.17) is 18.9 Å². The molecule has 0 aromatic rings. The highest BCUT2D eigenvalue weighted by Gasteiger charge is 2.25. The molecule has 0 aliphatic rings. The van der Waals surface area contributed by atoms with Crippen molar-refractivity contribution in [3.63, 3.8) is 0 Å². The number of carbonyl (C=O) groups excluding carboxylic acids is 2. The number of aliphatic carboxylic acids is 1. The van der Waals surface area contributed by atoms with E-state index in [0.717, 1.165) is 57.8 Å². The van der Waals surface area contributed by atoms with Crippen molar-refractivity contribution in [1.29, 1.82) is 0 Å². The van der Waals surface area contributed by atoms with Crippen molar-refractivity contribution in [2.75, 3.05) is 47.5 Å². The maximum atomic E-state index is 12.7. The minimum atomic E-state index is -1.51. The third-order valence-corrected chi connectivity index (χ3v) is 11.3. The van der Waals surface area contributed by atoms with E-state index in [1.165, 1.54) is 148 Å². The first kappa shape index (κ1) is 58.0. The molecule has 0 radical (unpaired) electrons. The van der Waals surface area contributed by atoms with Crippen LogP contribution in [0.1, 0.15) is 239 Å². The van der Waals surface area contributed by atoms with Crippen molar-refractivity contribution in [2.45, 2.75) is 251 Å². The van der Waals surface area contributed by atoms with E-state index in [2.05, 4.69) is 26.0 Å². The average molecular weight is 853 g/mol. The molecule has 2 unspecified atom stereocenters. The predicted molar refractivity (Wildman–Crippen MR) is 249 cm³/mol. The summed E-state index contributed by atoms with van der Waals surface area (Å²) in [6.45, 7) is 4.85. The van der Waals surface area contributed by atoms with Gasteiger partial charge in [0.05, 0.1) is 34.4 Å².